The van der Waals surface area contributed by atoms with Crippen LogP contribution >= 0.6 is 0 Å². The van der Waals surface area contributed by atoms with E-state index in [1.165, 1.54) is 25.8 Å². The molecular weight excluding hydrogens is 236 g/mol. The molecule has 2 fully saturated rings. The van der Waals surface area contributed by atoms with E-state index in [0.717, 1.165) is 19.1 Å². The van der Waals surface area contributed by atoms with Gasteiger partial charge in [-0.1, -0.05) is 20.8 Å². The summed E-state index contributed by atoms with van der Waals surface area (Å²) in [6.45, 7) is 12.5. The average Bonchev–Trinajstić information content (AvgIpc) is 2.87. The summed E-state index contributed by atoms with van der Waals surface area (Å²) >= 11 is 0. The number of nitrogens with zero attached hydrogens (tertiary/aromatic N) is 1. The summed E-state index contributed by atoms with van der Waals surface area (Å²) < 4.78 is 5.71. The van der Waals surface area contributed by atoms with Gasteiger partial charge >= 0.3 is 0 Å². The zero-order valence-corrected chi connectivity index (χ0v) is 13.4. The molecule has 19 heavy (non-hydrogen) atoms. The molecule has 0 spiro atoms. The molecule has 0 radical (unpaired) electrons. The average molecular weight is 268 g/mol. The van der Waals surface area contributed by atoms with Gasteiger partial charge in [-0.3, -0.25) is 0 Å². The van der Waals surface area contributed by atoms with E-state index in [1.807, 2.05) is 0 Å². The smallest absolute Gasteiger partial charge is 0.0702 e. The fourth-order valence-corrected chi connectivity index (χ4v) is 4.18. The molecule has 1 saturated heterocycles. The highest BCUT2D eigenvalue weighted by molar-refractivity contribution is 4.97. The Kier molecular flexibility index (Phi) is 4.91. The van der Waals surface area contributed by atoms with E-state index in [1.54, 1.807) is 0 Å². The van der Waals surface area contributed by atoms with Crippen LogP contribution in [0.2, 0.25) is 0 Å². The van der Waals surface area contributed by atoms with E-state index in [9.17, 15) is 0 Å². The fourth-order valence-electron chi connectivity index (χ4n) is 4.18. The van der Waals surface area contributed by atoms with Gasteiger partial charge in [-0.05, 0) is 51.1 Å². The van der Waals surface area contributed by atoms with Gasteiger partial charge in [-0.25, -0.2) is 0 Å². The summed E-state index contributed by atoms with van der Waals surface area (Å²) in [7, 11) is 2.28. The molecule has 4 unspecified atom stereocenters. The Morgan fingerprint density at radius 3 is 2.63 bits per heavy atom. The normalized spacial score (nSPS) is 38.2. The van der Waals surface area contributed by atoms with Gasteiger partial charge in [0.25, 0.3) is 0 Å². The largest absolute Gasteiger partial charge is 0.377 e. The summed E-state index contributed by atoms with van der Waals surface area (Å²) in [5.74, 6) is 0.785. The number of rotatable bonds is 5. The van der Waals surface area contributed by atoms with Crippen molar-refractivity contribution >= 4 is 0 Å². The first kappa shape index (κ1) is 15.3. The van der Waals surface area contributed by atoms with Gasteiger partial charge in [-0.2, -0.15) is 0 Å². The molecule has 3 nitrogen and oxygen atoms in total. The number of nitrogens with one attached hydrogen (secondary N) is 1. The van der Waals surface area contributed by atoms with Gasteiger partial charge < -0.3 is 15.0 Å². The van der Waals surface area contributed by atoms with Crippen molar-refractivity contribution in [2.24, 2.45) is 11.3 Å². The summed E-state index contributed by atoms with van der Waals surface area (Å²) in [6, 6.07) is 1.28. The van der Waals surface area contributed by atoms with E-state index < -0.39 is 0 Å². The van der Waals surface area contributed by atoms with Gasteiger partial charge in [0.05, 0.1) is 6.10 Å². The maximum atomic E-state index is 5.71. The monoisotopic (exact) mass is 268 g/mol. The Bertz CT molecular complexity index is 292. The maximum Gasteiger partial charge on any atom is 0.0702 e. The topological polar surface area (TPSA) is 24.5 Å². The molecule has 1 heterocycles. The summed E-state index contributed by atoms with van der Waals surface area (Å²) in [5.41, 5.74) is 0.444. The van der Waals surface area contributed by atoms with Crippen molar-refractivity contribution < 1.29 is 4.74 Å². The van der Waals surface area contributed by atoms with Gasteiger partial charge in [0.1, 0.15) is 0 Å². The minimum Gasteiger partial charge on any atom is -0.377 e. The Morgan fingerprint density at radius 2 is 2.05 bits per heavy atom. The van der Waals surface area contributed by atoms with Crippen LogP contribution in [0.15, 0.2) is 0 Å². The van der Waals surface area contributed by atoms with Crippen LogP contribution in [0.25, 0.3) is 0 Å². The molecule has 1 N–H and O–H groups in total. The lowest BCUT2D eigenvalue weighted by Gasteiger charge is -2.35. The van der Waals surface area contributed by atoms with Crippen molar-refractivity contribution in [2.45, 2.75) is 65.1 Å². The second-order valence-corrected chi connectivity index (χ2v) is 7.19. The quantitative estimate of drug-likeness (QED) is 0.829. The molecule has 1 aliphatic heterocycles. The first-order chi connectivity index (χ1) is 8.95. The van der Waals surface area contributed by atoms with E-state index in [-0.39, 0.29) is 0 Å². The van der Waals surface area contributed by atoms with Gasteiger partial charge in [0.15, 0.2) is 0 Å². The standard InChI is InChI=1S/C16H32N2O/c1-6-17-15-13(7-9-16(15,3)4)11-18(5)14-8-10-19-12(14)2/h12-15,17H,6-11H2,1-5H3. The third-order valence-corrected chi connectivity index (χ3v) is 5.32. The zero-order chi connectivity index (χ0) is 14.0. The first-order valence-electron chi connectivity index (χ1n) is 8.01. The molecule has 0 aromatic rings. The minimum atomic E-state index is 0.400. The molecule has 112 valence electrons. The fraction of sp³-hybridized carbons (Fsp3) is 1.00. The molecule has 0 amide bonds. The number of hydrogen-bond donors (Lipinski definition) is 1. The molecular formula is C16H32N2O. The molecule has 3 heteroatoms. The van der Waals surface area contributed by atoms with E-state index in [0.29, 0.717) is 23.6 Å². The second-order valence-electron chi connectivity index (χ2n) is 7.19. The van der Waals surface area contributed by atoms with Crippen LogP contribution in [0.3, 0.4) is 0 Å². The van der Waals surface area contributed by atoms with Gasteiger partial charge in [0, 0.05) is 25.2 Å². The van der Waals surface area contributed by atoms with Crippen LogP contribution in [-0.2, 0) is 4.74 Å². The Labute approximate surface area is 119 Å². The zero-order valence-electron chi connectivity index (χ0n) is 13.4. The van der Waals surface area contributed by atoms with Crippen molar-refractivity contribution in [3.63, 3.8) is 0 Å². The van der Waals surface area contributed by atoms with Crippen molar-refractivity contribution in [3.05, 3.63) is 0 Å². The number of likely N-dealkylation sites (N-methyl/N-ethyl adjacent to an activating group) is 1. The van der Waals surface area contributed by atoms with Crippen LogP contribution in [0, 0.1) is 11.3 Å². The third kappa shape index (κ3) is 3.32. The van der Waals surface area contributed by atoms with Crippen LogP contribution in [-0.4, -0.2) is 49.8 Å². The Hall–Kier alpha value is -0.120. The molecule has 4 atom stereocenters. The number of ether oxygens (including phenoxy) is 1. The highest BCUT2D eigenvalue weighted by Gasteiger charge is 2.42. The van der Waals surface area contributed by atoms with Crippen molar-refractivity contribution in [1.82, 2.24) is 10.2 Å². The molecule has 0 aromatic carbocycles. The Balaban J connectivity index is 1.94. The van der Waals surface area contributed by atoms with E-state index >= 15 is 0 Å². The van der Waals surface area contributed by atoms with E-state index in [4.69, 9.17) is 4.74 Å². The molecule has 1 saturated carbocycles. The first-order valence-corrected chi connectivity index (χ1v) is 8.01. The highest BCUT2D eigenvalue weighted by Crippen LogP contribution is 2.41. The van der Waals surface area contributed by atoms with Crippen LogP contribution < -0.4 is 5.32 Å². The van der Waals surface area contributed by atoms with Crippen molar-refractivity contribution in [2.75, 3.05) is 26.7 Å². The van der Waals surface area contributed by atoms with Gasteiger partial charge in [0.2, 0.25) is 0 Å². The van der Waals surface area contributed by atoms with Crippen LogP contribution in [0.5, 0.6) is 0 Å². The SMILES string of the molecule is CCNC1C(CN(C)C2CCOC2C)CCC1(C)C. The predicted octanol–water partition coefficient (Wildman–Crippen LogP) is 2.51. The van der Waals surface area contributed by atoms with E-state index in [2.05, 4.69) is 45.0 Å². The lowest BCUT2D eigenvalue weighted by atomic mass is 9.84. The van der Waals surface area contributed by atoms with Crippen LogP contribution in [0.4, 0.5) is 0 Å². The minimum absolute atomic E-state index is 0.400. The lowest BCUT2D eigenvalue weighted by molar-refractivity contribution is 0.0748. The lowest BCUT2D eigenvalue weighted by Crippen LogP contribution is -2.47. The third-order valence-electron chi connectivity index (χ3n) is 5.32. The summed E-state index contributed by atoms with van der Waals surface area (Å²) in [6.07, 6.45) is 4.30. The molecule has 2 aliphatic rings. The predicted molar refractivity (Wildman–Crippen MR) is 80.4 cm³/mol. The van der Waals surface area contributed by atoms with Crippen molar-refractivity contribution in [1.29, 1.82) is 0 Å². The molecule has 2 rings (SSSR count). The molecule has 0 bridgehead atoms. The summed E-state index contributed by atoms with van der Waals surface area (Å²) in [5, 5.41) is 3.73. The highest BCUT2D eigenvalue weighted by atomic mass is 16.5. The summed E-state index contributed by atoms with van der Waals surface area (Å²) in [4.78, 5) is 2.55. The number of hydrogen-bond acceptors (Lipinski definition) is 3. The maximum absolute atomic E-state index is 5.71. The van der Waals surface area contributed by atoms with Crippen molar-refractivity contribution in [3.8, 4) is 0 Å². The molecule has 1 aliphatic carbocycles. The second kappa shape index (κ2) is 6.11. The van der Waals surface area contributed by atoms with Crippen LogP contribution in [0.1, 0.15) is 47.0 Å². The van der Waals surface area contributed by atoms with Gasteiger partial charge in [-0.15, -0.1) is 0 Å². The Morgan fingerprint density at radius 1 is 1.32 bits per heavy atom. The molecule has 0 aromatic heterocycles.